The third kappa shape index (κ3) is 2.49. The van der Waals surface area contributed by atoms with Crippen molar-refractivity contribution in [2.45, 2.75) is 5.37 Å². The van der Waals surface area contributed by atoms with Gasteiger partial charge in [0, 0.05) is 5.75 Å². The highest BCUT2D eigenvalue weighted by atomic mass is 32.2. The highest BCUT2D eigenvalue weighted by Gasteiger charge is 2.27. The van der Waals surface area contributed by atoms with Gasteiger partial charge < -0.3 is 10.4 Å². The van der Waals surface area contributed by atoms with Gasteiger partial charge in [0.15, 0.2) is 0 Å². The van der Waals surface area contributed by atoms with Crippen LogP contribution in [0.4, 0.5) is 4.79 Å². The molecule has 68 valence electrons. The SMILES string of the molecule is O=C(O)CS(=O)C1CSC(=O)N1. The van der Waals surface area contributed by atoms with Crippen LogP contribution in [0.25, 0.3) is 0 Å². The first-order valence-electron chi connectivity index (χ1n) is 3.12. The highest BCUT2D eigenvalue weighted by Crippen LogP contribution is 2.15. The molecule has 0 aromatic heterocycles. The quantitative estimate of drug-likeness (QED) is 0.661. The Bertz CT molecular complexity index is 242. The molecule has 0 radical (unpaired) electrons. The number of amides is 1. The van der Waals surface area contributed by atoms with Crippen molar-refractivity contribution in [2.24, 2.45) is 0 Å². The molecule has 2 unspecified atom stereocenters. The lowest BCUT2D eigenvalue weighted by Gasteiger charge is -2.05. The molecule has 0 saturated carbocycles. The first-order chi connectivity index (χ1) is 5.59. The van der Waals surface area contributed by atoms with Gasteiger partial charge in [0.25, 0.3) is 5.24 Å². The summed E-state index contributed by atoms with van der Waals surface area (Å²) in [6, 6.07) is 0. The van der Waals surface area contributed by atoms with Crippen molar-refractivity contribution >= 4 is 33.8 Å². The number of carbonyl (C=O) groups is 2. The molecule has 5 nitrogen and oxygen atoms in total. The van der Waals surface area contributed by atoms with Crippen molar-refractivity contribution in [1.29, 1.82) is 0 Å². The Kier molecular flexibility index (Phi) is 3.10. The largest absolute Gasteiger partial charge is 0.481 e. The van der Waals surface area contributed by atoms with Gasteiger partial charge in [-0.1, -0.05) is 11.8 Å². The highest BCUT2D eigenvalue weighted by molar-refractivity contribution is 8.14. The van der Waals surface area contributed by atoms with Gasteiger partial charge in [-0.3, -0.25) is 13.8 Å². The molecule has 12 heavy (non-hydrogen) atoms. The number of hydrogen-bond acceptors (Lipinski definition) is 4. The van der Waals surface area contributed by atoms with Gasteiger partial charge in [0.2, 0.25) is 0 Å². The van der Waals surface area contributed by atoms with Gasteiger partial charge in [-0.05, 0) is 0 Å². The van der Waals surface area contributed by atoms with Gasteiger partial charge in [0.1, 0.15) is 11.1 Å². The van der Waals surface area contributed by atoms with Crippen LogP contribution >= 0.6 is 11.8 Å². The molecule has 1 amide bonds. The molecule has 1 rings (SSSR count). The fourth-order valence-electron chi connectivity index (χ4n) is 0.730. The Morgan fingerprint density at radius 2 is 2.50 bits per heavy atom. The van der Waals surface area contributed by atoms with E-state index in [0.717, 1.165) is 11.8 Å². The zero-order valence-corrected chi connectivity index (χ0v) is 7.61. The van der Waals surface area contributed by atoms with Crippen LogP contribution in [0.2, 0.25) is 0 Å². The first kappa shape index (κ1) is 9.53. The van der Waals surface area contributed by atoms with Gasteiger partial charge in [-0.15, -0.1) is 0 Å². The van der Waals surface area contributed by atoms with Crippen LogP contribution in [-0.2, 0) is 15.6 Å². The second-order valence-corrected chi connectivity index (χ2v) is 4.76. The fraction of sp³-hybridized carbons (Fsp3) is 0.600. The number of thioether (sulfide) groups is 1. The van der Waals surface area contributed by atoms with Crippen LogP contribution in [0.5, 0.6) is 0 Å². The maximum absolute atomic E-state index is 11.1. The number of carbonyl (C=O) groups excluding carboxylic acids is 1. The number of rotatable bonds is 3. The van der Waals surface area contributed by atoms with E-state index in [2.05, 4.69) is 5.32 Å². The zero-order chi connectivity index (χ0) is 9.14. The van der Waals surface area contributed by atoms with E-state index < -0.39 is 27.9 Å². The van der Waals surface area contributed by atoms with E-state index in [9.17, 15) is 13.8 Å². The average Bonchev–Trinajstić information content (AvgIpc) is 2.34. The Morgan fingerprint density at radius 3 is 2.92 bits per heavy atom. The standard InChI is InChI=1S/C5H7NO4S2/c7-4(8)2-12(10)3-1-11-5(9)6-3/h3H,1-2H2,(H,6,9)(H,7,8). The number of hydrogen-bond donors (Lipinski definition) is 2. The van der Waals surface area contributed by atoms with E-state index in [-0.39, 0.29) is 5.24 Å². The third-order valence-electron chi connectivity index (χ3n) is 1.23. The predicted octanol–water partition coefficient (Wildman–Crippen LogP) is -0.398. The van der Waals surface area contributed by atoms with E-state index >= 15 is 0 Å². The molecular formula is C5H7NO4S2. The maximum Gasteiger partial charge on any atom is 0.316 e. The van der Waals surface area contributed by atoms with E-state index in [1.54, 1.807) is 0 Å². The Hall–Kier alpha value is -0.560. The summed E-state index contributed by atoms with van der Waals surface area (Å²) in [6.45, 7) is 0. The van der Waals surface area contributed by atoms with Crippen molar-refractivity contribution in [3.63, 3.8) is 0 Å². The molecule has 1 aliphatic heterocycles. The summed E-state index contributed by atoms with van der Waals surface area (Å²) < 4.78 is 11.1. The summed E-state index contributed by atoms with van der Waals surface area (Å²) in [4.78, 5) is 20.7. The number of aliphatic carboxylic acids is 1. The van der Waals surface area contributed by atoms with Crippen LogP contribution < -0.4 is 5.32 Å². The molecule has 0 aromatic rings. The minimum absolute atomic E-state index is 0.237. The molecule has 7 heteroatoms. The van der Waals surface area contributed by atoms with Gasteiger partial charge >= 0.3 is 5.97 Å². The van der Waals surface area contributed by atoms with Crippen LogP contribution in [0, 0.1) is 0 Å². The molecule has 2 atom stereocenters. The van der Waals surface area contributed by atoms with Gasteiger partial charge in [0.05, 0.1) is 10.8 Å². The van der Waals surface area contributed by atoms with Crippen molar-refractivity contribution in [3.05, 3.63) is 0 Å². The summed E-state index contributed by atoms with van der Waals surface area (Å²) >= 11 is 1.02. The fourth-order valence-corrected chi connectivity index (χ4v) is 2.91. The lowest BCUT2D eigenvalue weighted by atomic mass is 10.7. The summed E-state index contributed by atoms with van der Waals surface area (Å²) in [5, 5.41) is 9.98. The van der Waals surface area contributed by atoms with E-state index in [0.29, 0.717) is 5.75 Å². The normalized spacial score (nSPS) is 25.0. The molecule has 0 aromatic carbocycles. The predicted molar refractivity (Wildman–Crippen MR) is 45.4 cm³/mol. The topological polar surface area (TPSA) is 83.5 Å². The Labute approximate surface area is 75.4 Å². The molecule has 1 heterocycles. The minimum Gasteiger partial charge on any atom is -0.481 e. The number of carboxylic acids is 1. The minimum atomic E-state index is -1.50. The van der Waals surface area contributed by atoms with E-state index in [1.165, 1.54) is 0 Å². The molecule has 1 aliphatic rings. The average molecular weight is 209 g/mol. The van der Waals surface area contributed by atoms with Crippen LogP contribution in [0.15, 0.2) is 0 Å². The zero-order valence-electron chi connectivity index (χ0n) is 5.98. The van der Waals surface area contributed by atoms with Crippen LogP contribution in [0.1, 0.15) is 0 Å². The van der Waals surface area contributed by atoms with Crippen molar-refractivity contribution < 1.29 is 18.9 Å². The van der Waals surface area contributed by atoms with E-state index in [1.807, 2.05) is 0 Å². The second kappa shape index (κ2) is 3.90. The monoisotopic (exact) mass is 209 g/mol. The smallest absolute Gasteiger partial charge is 0.316 e. The third-order valence-corrected chi connectivity index (χ3v) is 3.77. The molecule has 1 fully saturated rings. The molecular weight excluding hydrogens is 202 g/mol. The molecule has 0 aliphatic carbocycles. The Morgan fingerprint density at radius 1 is 1.83 bits per heavy atom. The lowest BCUT2D eigenvalue weighted by molar-refractivity contribution is -0.134. The summed E-state index contributed by atoms with van der Waals surface area (Å²) in [7, 11) is -1.50. The number of nitrogens with one attached hydrogen (secondary N) is 1. The maximum atomic E-state index is 11.1. The van der Waals surface area contributed by atoms with Crippen molar-refractivity contribution in [3.8, 4) is 0 Å². The van der Waals surface area contributed by atoms with Crippen LogP contribution in [0.3, 0.4) is 0 Å². The summed E-state index contributed by atoms with van der Waals surface area (Å²) in [5.41, 5.74) is 0. The van der Waals surface area contributed by atoms with Gasteiger partial charge in [-0.25, -0.2) is 0 Å². The molecule has 2 N–H and O–H groups in total. The Balaban J connectivity index is 2.43. The molecule has 0 bridgehead atoms. The second-order valence-electron chi connectivity index (χ2n) is 2.15. The van der Waals surface area contributed by atoms with Gasteiger partial charge in [-0.2, -0.15) is 0 Å². The van der Waals surface area contributed by atoms with E-state index in [4.69, 9.17) is 5.11 Å². The van der Waals surface area contributed by atoms with Crippen LogP contribution in [-0.4, -0.2) is 37.4 Å². The van der Waals surface area contributed by atoms with Crippen molar-refractivity contribution in [2.75, 3.05) is 11.5 Å². The number of carboxylic acid groups (broad SMARTS) is 1. The lowest BCUT2D eigenvalue weighted by Crippen LogP contribution is -2.33. The van der Waals surface area contributed by atoms with Crippen molar-refractivity contribution in [1.82, 2.24) is 5.32 Å². The molecule has 0 spiro atoms. The summed E-state index contributed by atoms with van der Waals surface area (Å²) in [6.07, 6.45) is 0. The molecule has 1 saturated heterocycles. The first-order valence-corrected chi connectivity index (χ1v) is 5.48. The summed E-state index contributed by atoms with van der Waals surface area (Å²) in [5.74, 6) is -1.14.